The van der Waals surface area contributed by atoms with Gasteiger partial charge in [0.25, 0.3) is 0 Å². The van der Waals surface area contributed by atoms with Gasteiger partial charge in [-0.3, -0.25) is 4.79 Å². The second-order valence-corrected chi connectivity index (χ2v) is 8.30. The summed E-state index contributed by atoms with van der Waals surface area (Å²) in [4.78, 5) is 13.1. The second-order valence-electron chi connectivity index (χ2n) is 7.89. The Balaban J connectivity index is 1.83. The summed E-state index contributed by atoms with van der Waals surface area (Å²) < 4.78 is 50.2. The third kappa shape index (κ3) is 6.09. The van der Waals surface area contributed by atoms with Crippen LogP contribution in [0.4, 0.5) is 13.2 Å². The first-order chi connectivity index (χ1) is 16.1. The van der Waals surface area contributed by atoms with Crippen LogP contribution < -0.4 is 4.74 Å². The number of hydrogen-bond donors (Lipinski definition) is 0. The van der Waals surface area contributed by atoms with E-state index in [2.05, 4.69) is 0 Å². The third-order valence-corrected chi connectivity index (χ3v) is 5.40. The zero-order valence-corrected chi connectivity index (χ0v) is 19.1. The van der Waals surface area contributed by atoms with Crippen LogP contribution in [0.3, 0.4) is 0 Å². The maximum absolute atomic E-state index is 13.1. The zero-order chi connectivity index (χ0) is 24.9. The number of carbonyl (C=O) groups is 1. The molecule has 3 aromatic rings. The van der Waals surface area contributed by atoms with E-state index in [0.717, 1.165) is 12.1 Å². The first-order valence-electron chi connectivity index (χ1n) is 10.4. The lowest BCUT2D eigenvalue weighted by Gasteiger charge is -2.23. The van der Waals surface area contributed by atoms with Gasteiger partial charge < -0.3 is 9.47 Å². The molecular formula is C26H21ClF3NO3. The molecular weight excluding hydrogens is 467 g/mol. The van der Waals surface area contributed by atoms with Crippen LogP contribution in [0.25, 0.3) is 0 Å². The van der Waals surface area contributed by atoms with Crippen molar-refractivity contribution in [1.82, 2.24) is 0 Å². The van der Waals surface area contributed by atoms with Crippen molar-refractivity contribution >= 4 is 17.6 Å². The molecule has 2 unspecified atom stereocenters. The Morgan fingerprint density at radius 3 is 2.24 bits per heavy atom. The van der Waals surface area contributed by atoms with Gasteiger partial charge in [0.05, 0.1) is 11.5 Å². The van der Waals surface area contributed by atoms with Crippen molar-refractivity contribution in [3.05, 3.63) is 94.5 Å². The standard InChI is InChI=1S/C26H21ClF3NO3/c1-16(2)24(21-12-11-18(14-22(21)27)26(28,29)30)25(32)34-23(15-31)17-7-6-10-20(13-17)33-19-8-4-3-5-9-19/h3-14,16,23-24H,1-2H3. The van der Waals surface area contributed by atoms with Crippen LogP contribution in [0, 0.1) is 17.2 Å². The molecule has 2 atom stereocenters. The minimum absolute atomic E-state index is 0.197. The number of halogens is 4. The largest absolute Gasteiger partial charge is 0.457 e. The van der Waals surface area contributed by atoms with E-state index in [-0.39, 0.29) is 16.5 Å². The van der Waals surface area contributed by atoms with Gasteiger partial charge in [-0.1, -0.05) is 61.8 Å². The van der Waals surface area contributed by atoms with Crippen molar-refractivity contribution in [3.8, 4) is 17.6 Å². The van der Waals surface area contributed by atoms with E-state index in [1.165, 1.54) is 6.07 Å². The molecule has 0 saturated carbocycles. The topological polar surface area (TPSA) is 59.3 Å². The maximum Gasteiger partial charge on any atom is 0.416 e. The van der Waals surface area contributed by atoms with Crippen molar-refractivity contribution in [2.75, 3.05) is 0 Å². The molecule has 0 heterocycles. The van der Waals surface area contributed by atoms with Crippen LogP contribution in [-0.2, 0) is 15.7 Å². The number of rotatable bonds is 7. The minimum atomic E-state index is -4.56. The molecule has 0 aliphatic rings. The maximum atomic E-state index is 13.1. The molecule has 0 N–H and O–H groups in total. The molecule has 0 bridgehead atoms. The average Bonchev–Trinajstić information content (AvgIpc) is 2.78. The van der Waals surface area contributed by atoms with Gasteiger partial charge >= 0.3 is 12.1 Å². The molecule has 34 heavy (non-hydrogen) atoms. The smallest absolute Gasteiger partial charge is 0.416 e. The van der Waals surface area contributed by atoms with Crippen molar-refractivity contribution in [3.63, 3.8) is 0 Å². The number of nitrogens with zero attached hydrogens (tertiary/aromatic N) is 1. The molecule has 0 radical (unpaired) electrons. The van der Waals surface area contributed by atoms with Crippen molar-refractivity contribution < 1.29 is 27.4 Å². The normalized spacial score (nSPS) is 13.1. The van der Waals surface area contributed by atoms with Gasteiger partial charge in [-0.15, -0.1) is 0 Å². The lowest BCUT2D eigenvalue weighted by Crippen LogP contribution is -2.23. The molecule has 0 aliphatic carbocycles. The van der Waals surface area contributed by atoms with Gasteiger partial charge in [-0.05, 0) is 47.9 Å². The van der Waals surface area contributed by atoms with Crippen LogP contribution in [0.2, 0.25) is 5.02 Å². The number of carbonyl (C=O) groups excluding carboxylic acids is 1. The molecule has 176 valence electrons. The summed E-state index contributed by atoms with van der Waals surface area (Å²) in [6.45, 7) is 3.44. The summed E-state index contributed by atoms with van der Waals surface area (Å²) in [6.07, 6.45) is -5.81. The lowest BCUT2D eigenvalue weighted by atomic mass is 9.88. The monoisotopic (exact) mass is 487 g/mol. The first kappa shape index (κ1) is 25.1. The Morgan fingerprint density at radius 1 is 0.971 bits per heavy atom. The highest BCUT2D eigenvalue weighted by Gasteiger charge is 2.34. The molecule has 8 heteroatoms. The molecule has 0 aromatic heterocycles. The molecule has 0 fully saturated rings. The summed E-state index contributed by atoms with van der Waals surface area (Å²) in [5.74, 6) is -1.03. The summed E-state index contributed by atoms with van der Waals surface area (Å²) in [7, 11) is 0. The number of hydrogen-bond acceptors (Lipinski definition) is 4. The molecule has 0 aliphatic heterocycles. The van der Waals surface area contributed by atoms with E-state index in [4.69, 9.17) is 21.1 Å². The number of esters is 1. The van der Waals surface area contributed by atoms with Crippen molar-refractivity contribution in [1.29, 1.82) is 5.26 Å². The quantitative estimate of drug-likeness (QED) is 0.320. The molecule has 0 amide bonds. The Kier molecular flexibility index (Phi) is 7.85. The lowest BCUT2D eigenvalue weighted by molar-refractivity contribution is -0.150. The first-order valence-corrected chi connectivity index (χ1v) is 10.8. The second kappa shape index (κ2) is 10.6. The number of para-hydroxylation sites is 1. The highest BCUT2D eigenvalue weighted by atomic mass is 35.5. The Hall–Kier alpha value is -3.50. The number of alkyl halides is 3. The number of nitriles is 1. The van der Waals surface area contributed by atoms with Gasteiger partial charge in [0.2, 0.25) is 6.10 Å². The van der Waals surface area contributed by atoms with E-state index < -0.39 is 29.7 Å². The van der Waals surface area contributed by atoms with Gasteiger partial charge in [-0.25, -0.2) is 0 Å². The van der Waals surface area contributed by atoms with E-state index in [0.29, 0.717) is 17.1 Å². The summed E-state index contributed by atoms with van der Waals surface area (Å²) in [6, 6.07) is 20.4. The third-order valence-electron chi connectivity index (χ3n) is 5.07. The minimum Gasteiger partial charge on any atom is -0.457 e. The highest BCUT2D eigenvalue weighted by Crippen LogP contribution is 2.37. The molecule has 4 nitrogen and oxygen atoms in total. The molecule has 3 aromatic carbocycles. The van der Waals surface area contributed by atoms with Crippen LogP contribution in [0.5, 0.6) is 11.5 Å². The fraction of sp³-hybridized carbons (Fsp3) is 0.231. The molecule has 3 rings (SSSR count). The summed E-state index contributed by atoms with van der Waals surface area (Å²) in [5, 5.41) is 9.46. The highest BCUT2D eigenvalue weighted by molar-refractivity contribution is 6.31. The van der Waals surface area contributed by atoms with Gasteiger partial charge in [0.1, 0.15) is 17.6 Å². The Labute approximate surface area is 200 Å². The van der Waals surface area contributed by atoms with Gasteiger partial charge in [-0.2, -0.15) is 18.4 Å². The predicted molar refractivity (Wildman–Crippen MR) is 121 cm³/mol. The van der Waals surface area contributed by atoms with E-state index >= 15 is 0 Å². The fourth-order valence-electron chi connectivity index (χ4n) is 3.44. The Morgan fingerprint density at radius 2 is 1.65 bits per heavy atom. The van der Waals surface area contributed by atoms with Crippen molar-refractivity contribution in [2.24, 2.45) is 5.92 Å². The van der Waals surface area contributed by atoms with Gasteiger partial charge in [0, 0.05) is 10.6 Å². The number of ether oxygens (including phenoxy) is 2. The number of benzene rings is 3. The van der Waals surface area contributed by atoms with Gasteiger partial charge in [0.15, 0.2) is 0 Å². The van der Waals surface area contributed by atoms with E-state index in [1.807, 2.05) is 24.3 Å². The fourth-order valence-corrected chi connectivity index (χ4v) is 3.74. The predicted octanol–water partition coefficient (Wildman–Crippen LogP) is 7.70. The molecule has 0 spiro atoms. The van der Waals surface area contributed by atoms with E-state index in [1.54, 1.807) is 50.2 Å². The average molecular weight is 488 g/mol. The van der Waals surface area contributed by atoms with Crippen molar-refractivity contribution in [2.45, 2.75) is 32.0 Å². The van der Waals surface area contributed by atoms with Crippen LogP contribution >= 0.6 is 11.6 Å². The van der Waals surface area contributed by atoms with Crippen LogP contribution in [-0.4, -0.2) is 5.97 Å². The van der Waals surface area contributed by atoms with Crippen LogP contribution in [0.1, 0.15) is 42.6 Å². The summed E-state index contributed by atoms with van der Waals surface area (Å²) >= 11 is 6.11. The van der Waals surface area contributed by atoms with E-state index in [9.17, 15) is 23.2 Å². The van der Waals surface area contributed by atoms with Crippen LogP contribution in [0.15, 0.2) is 72.8 Å². The zero-order valence-electron chi connectivity index (χ0n) is 18.3. The summed E-state index contributed by atoms with van der Waals surface area (Å²) in [5.41, 5.74) is -0.319. The SMILES string of the molecule is CC(C)C(C(=O)OC(C#N)c1cccc(Oc2ccccc2)c1)c1ccc(C(F)(F)F)cc1Cl. The Bertz CT molecular complexity index is 1190. The molecule has 0 saturated heterocycles.